The molecular formula is C15H13ClFN5O2. The van der Waals surface area contributed by atoms with E-state index in [4.69, 9.17) is 11.6 Å². The quantitative estimate of drug-likeness (QED) is 0.775. The zero-order valence-corrected chi connectivity index (χ0v) is 13.4. The van der Waals surface area contributed by atoms with Crippen molar-refractivity contribution in [3.63, 3.8) is 0 Å². The van der Waals surface area contributed by atoms with Gasteiger partial charge in [-0.15, -0.1) is 5.10 Å². The molecule has 0 saturated heterocycles. The minimum absolute atomic E-state index is 0.0649. The van der Waals surface area contributed by atoms with E-state index in [1.807, 2.05) is 0 Å². The van der Waals surface area contributed by atoms with Crippen molar-refractivity contribution in [3.05, 3.63) is 63.7 Å². The summed E-state index contributed by atoms with van der Waals surface area (Å²) >= 11 is 5.65. The maximum atomic E-state index is 13.8. The molecule has 3 rings (SSSR count). The van der Waals surface area contributed by atoms with Gasteiger partial charge in [-0.2, -0.15) is 0 Å². The molecule has 3 aromatic rings. The van der Waals surface area contributed by atoms with Crippen LogP contribution < -0.4 is 11.0 Å². The lowest BCUT2D eigenvalue weighted by atomic mass is 10.2. The van der Waals surface area contributed by atoms with Gasteiger partial charge in [0.15, 0.2) is 5.65 Å². The maximum Gasteiger partial charge on any atom is 0.350 e. The molecule has 0 aliphatic rings. The second-order valence-corrected chi connectivity index (χ2v) is 5.62. The third-order valence-electron chi connectivity index (χ3n) is 3.41. The summed E-state index contributed by atoms with van der Waals surface area (Å²) in [4.78, 5) is 28.1. The summed E-state index contributed by atoms with van der Waals surface area (Å²) in [7, 11) is 0. The predicted molar refractivity (Wildman–Crippen MR) is 85.2 cm³/mol. The standard InChI is InChI=1S/C15H13ClFN5O2/c1-9(14-11(17)6-10(16)7-18-14)19-13(23)8-22-15(24)21-5-3-2-4-12(21)20-22/h2-7,9H,8H2,1H3,(H,19,23). The number of hydrogen-bond donors (Lipinski definition) is 1. The highest BCUT2D eigenvalue weighted by molar-refractivity contribution is 6.30. The fourth-order valence-electron chi connectivity index (χ4n) is 2.31. The maximum absolute atomic E-state index is 13.8. The summed E-state index contributed by atoms with van der Waals surface area (Å²) in [6.45, 7) is 1.31. The molecule has 0 radical (unpaired) electrons. The Kier molecular flexibility index (Phi) is 4.30. The van der Waals surface area contributed by atoms with Gasteiger partial charge in [0.2, 0.25) is 5.91 Å². The second kappa shape index (κ2) is 6.40. The molecule has 1 amide bonds. The van der Waals surface area contributed by atoms with Crippen molar-refractivity contribution in [3.8, 4) is 0 Å². The molecular weight excluding hydrogens is 337 g/mol. The Hall–Kier alpha value is -2.74. The van der Waals surface area contributed by atoms with Crippen LogP contribution in [0.3, 0.4) is 0 Å². The van der Waals surface area contributed by atoms with Gasteiger partial charge in [-0.3, -0.25) is 14.2 Å². The van der Waals surface area contributed by atoms with E-state index in [0.29, 0.717) is 5.65 Å². The van der Waals surface area contributed by atoms with E-state index < -0.39 is 23.5 Å². The lowest BCUT2D eigenvalue weighted by Gasteiger charge is -2.14. The number of halogens is 2. The van der Waals surface area contributed by atoms with Crippen LogP contribution in [0.1, 0.15) is 18.7 Å². The number of nitrogens with one attached hydrogen (secondary N) is 1. The zero-order chi connectivity index (χ0) is 17.3. The molecule has 1 N–H and O–H groups in total. The van der Waals surface area contributed by atoms with Crippen molar-refractivity contribution in [2.45, 2.75) is 19.5 Å². The lowest BCUT2D eigenvalue weighted by molar-refractivity contribution is -0.122. The molecule has 3 aromatic heterocycles. The van der Waals surface area contributed by atoms with Gasteiger partial charge >= 0.3 is 5.69 Å². The average molecular weight is 350 g/mol. The Morgan fingerprint density at radius 3 is 2.96 bits per heavy atom. The Morgan fingerprint density at radius 1 is 1.46 bits per heavy atom. The van der Waals surface area contributed by atoms with E-state index in [1.54, 1.807) is 31.3 Å². The fraction of sp³-hybridized carbons (Fsp3) is 0.200. The van der Waals surface area contributed by atoms with Crippen LogP contribution in [-0.4, -0.2) is 25.1 Å². The number of fused-ring (bicyclic) bond motifs is 1. The first-order valence-electron chi connectivity index (χ1n) is 7.10. The second-order valence-electron chi connectivity index (χ2n) is 5.18. The van der Waals surface area contributed by atoms with Gasteiger partial charge in [-0.25, -0.2) is 13.9 Å². The van der Waals surface area contributed by atoms with E-state index in [-0.39, 0.29) is 17.3 Å². The van der Waals surface area contributed by atoms with Crippen molar-refractivity contribution >= 4 is 23.2 Å². The Bertz CT molecular complexity index is 968. The first kappa shape index (κ1) is 16.1. The molecule has 3 heterocycles. The first-order valence-corrected chi connectivity index (χ1v) is 7.48. The van der Waals surface area contributed by atoms with Crippen LogP contribution in [0.4, 0.5) is 4.39 Å². The fourth-order valence-corrected chi connectivity index (χ4v) is 2.45. The molecule has 1 atom stereocenters. The topological polar surface area (TPSA) is 81.3 Å². The predicted octanol–water partition coefficient (Wildman–Crippen LogP) is 1.56. The summed E-state index contributed by atoms with van der Waals surface area (Å²) in [6, 6.07) is 5.54. The summed E-state index contributed by atoms with van der Waals surface area (Å²) in [5, 5.41) is 6.82. The normalized spacial score (nSPS) is 12.3. The monoisotopic (exact) mass is 349 g/mol. The number of rotatable bonds is 4. The number of carbonyl (C=O) groups excluding carboxylic acids is 1. The Labute approximate surface area is 140 Å². The molecule has 0 fully saturated rings. The van der Waals surface area contributed by atoms with Crippen LogP contribution in [0.2, 0.25) is 5.02 Å². The van der Waals surface area contributed by atoms with E-state index in [9.17, 15) is 14.0 Å². The third kappa shape index (κ3) is 3.13. The third-order valence-corrected chi connectivity index (χ3v) is 3.61. The highest BCUT2D eigenvalue weighted by atomic mass is 35.5. The SMILES string of the molecule is CC(NC(=O)Cn1nc2ccccn2c1=O)c1ncc(Cl)cc1F. The number of pyridine rings is 2. The Morgan fingerprint density at radius 2 is 2.25 bits per heavy atom. The van der Waals surface area contributed by atoms with Gasteiger partial charge in [0.25, 0.3) is 0 Å². The van der Waals surface area contributed by atoms with E-state index >= 15 is 0 Å². The van der Waals surface area contributed by atoms with Crippen LogP contribution in [0.15, 0.2) is 41.5 Å². The van der Waals surface area contributed by atoms with Crippen molar-refractivity contribution in [1.29, 1.82) is 0 Å². The molecule has 0 aliphatic heterocycles. The molecule has 24 heavy (non-hydrogen) atoms. The molecule has 9 heteroatoms. The molecule has 0 saturated carbocycles. The van der Waals surface area contributed by atoms with Crippen LogP contribution in [0.25, 0.3) is 5.65 Å². The minimum atomic E-state index is -0.678. The van der Waals surface area contributed by atoms with Gasteiger partial charge in [0.05, 0.1) is 16.8 Å². The summed E-state index contributed by atoms with van der Waals surface area (Å²) in [6.07, 6.45) is 2.87. The molecule has 7 nitrogen and oxygen atoms in total. The van der Waals surface area contributed by atoms with Crippen LogP contribution in [-0.2, 0) is 11.3 Å². The van der Waals surface area contributed by atoms with E-state index in [1.165, 1.54) is 10.6 Å². The van der Waals surface area contributed by atoms with E-state index in [2.05, 4.69) is 15.4 Å². The van der Waals surface area contributed by atoms with Crippen molar-refractivity contribution in [1.82, 2.24) is 24.5 Å². The van der Waals surface area contributed by atoms with Crippen LogP contribution >= 0.6 is 11.6 Å². The largest absolute Gasteiger partial charge is 0.350 e. The van der Waals surface area contributed by atoms with E-state index in [0.717, 1.165) is 10.7 Å². The molecule has 1 unspecified atom stereocenters. The van der Waals surface area contributed by atoms with Crippen molar-refractivity contribution < 1.29 is 9.18 Å². The Balaban J connectivity index is 1.75. The van der Waals surface area contributed by atoms with Crippen LogP contribution in [0.5, 0.6) is 0 Å². The first-order chi connectivity index (χ1) is 11.5. The number of amides is 1. The van der Waals surface area contributed by atoms with Crippen LogP contribution in [0, 0.1) is 5.82 Å². The lowest BCUT2D eigenvalue weighted by Crippen LogP contribution is -2.34. The van der Waals surface area contributed by atoms with Crippen molar-refractivity contribution in [2.24, 2.45) is 0 Å². The number of hydrogen-bond acceptors (Lipinski definition) is 4. The number of aromatic nitrogens is 4. The number of nitrogens with zero attached hydrogens (tertiary/aromatic N) is 4. The van der Waals surface area contributed by atoms with Crippen molar-refractivity contribution in [2.75, 3.05) is 0 Å². The molecule has 0 spiro atoms. The highest BCUT2D eigenvalue weighted by Gasteiger charge is 2.17. The van der Waals surface area contributed by atoms with Gasteiger partial charge in [0, 0.05) is 12.4 Å². The summed E-state index contributed by atoms with van der Waals surface area (Å²) < 4.78 is 16.2. The highest BCUT2D eigenvalue weighted by Crippen LogP contribution is 2.17. The smallest absolute Gasteiger partial charge is 0.346 e. The molecule has 124 valence electrons. The minimum Gasteiger partial charge on any atom is -0.346 e. The molecule has 0 aromatic carbocycles. The van der Waals surface area contributed by atoms with Gasteiger partial charge in [-0.05, 0) is 25.1 Å². The van der Waals surface area contributed by atoms with Gasteiger partial charge in [-0.1, -0.05) is 17.7 Å². The average Bonchev–Trinajstić information content (AvgIpc) is 2.83. The molecule has 0 aliphatic carbocycles. The zero-order valence-electron chi connectivity index (χ0n) is 12.6. The van der Waals surface area contributed by atoms with Gasteiger partial charge < -0.3 is 5.32 Å². The molecule has 0 bridgehead atoms. The summed E-state index contributed by atoms with van der Waals surface area (Å²) in [5.74, 6) is -1.09. The number of carbonyl (C=O) groups is 1. The summed E-state index contributed by atoms with van der Waals surface area (Å²) in [5.41, 5.74) is 0.0769. The van der Waals surface area contributed by atoms with Gasteiger partial charge in [0.1, 0.15) is 12.4 Å².